The van der Waals surface area contributed by atoms with Crippen LogP contribution in [0.25, 0.3) is 0 Å². The molecule has 7 heteroatoms. The van der Waals surface area contributed by atoms with Crippen LogP contribution in [-0.2, 0) is 14.8 Å². The van der Waals surface area contributed by atoms with E-state index in [9.17, 15) is 13.2 Å². The lowest BCUT2D eigenvalue weighted by atomic mass is 10.0. The van der Waals surface area contributed by atoms with Crippen LogP contribution in [0, 0.1) is 13.8 Å². The Morgan fingerprint density at radius 2 is 1.75 bits per heavy atom. The summed E-state index contributed by atoms with van der Waals surface area (Å²) in [4.78, 5) is 12.3. The van der Waals surface area contributed by atoms with Crippen LogP contribution in [0.3, 0.4) is 0 Å². The number of carbonyl (C=O) groups is 1. The van der Waals surface area contributed by atoms with E-state index in [0.29, 0.717) is 17.1 Å². The molecule has 0 bridgehead atoms. The molecule has 2 aromatic rings. The Kier molecular flexibility index (Phi) is 7.49. The highest BCUT2D eigenvalue weighted by molar-refractivity contribution is 7.92. The number of amides is 1. The van der Waals surface area contributed by atoms with Crippen molar-refractivity contribution in [2.45, 2.75) is 39.7 Å². The molecular formula is C21H27ClN2O3S. The van der Waals surface area contributed by atoms with Crippen LogP contribution in [0.4, 0.5) is 5.69 Å². The van der Waals surface area contributed by atoms with Gasteiger partial charge in [0.2, 0.25) is 15.9 Å². The Bertz CT molecular complexity index is 927. The summed E-state index contributed by atoms with van der Waals surface area (Å²) in [6.45, 7) is 6.27. The topological polar surface area (TPSA) is 66.5 Å². The van der Waals surface area contributed by atoms with E-state index in [2.05, 4.69) is 18.3 Å². The third-order valence-electron chi connectivity index (χ3n) is 4.69. The SMILES string of the molecule is Cc1ccc([C@H](C)NC(=O)CCCN(c2ccc(Cl)cc2)S(C)(=O)=O)cc1C. The molecule has 2 aromatic carbocycles. The number of hydrogen-bond acceptors (Lipinski definition) is 3. The standard InChI is InChI=1S/C21H27ClN2O3S/c1-15-7-8-18(14-16(15)2)17(3)23-21(25)6-5-13-24(28(4,26)27)20-11-9-19(22)10-12-20/h7-12,14,17H,5-6,13H2,1-4H3,(H,23,25)/t17-/m0/s1. The highest BCUT2D eigenvalue weighted by Gasteiger charge is 2.18. The Morgan fingerprint density at radius 1 is 1.11 bits per heavy atom. The minimum absolute atomic E-state index is 0.102. The average molecular weight is 423 g/mol. The van der Waals surface area contributed by atoms with Gasteiger partial charge >= 0.3 is 0 Å². The van der Waals surface area contributed by atoms with Gasteiger partial charge in [0.05, 0.1) is 18.0 Å². The molecule has 0 saturated heterocycles. The van der Waals surface area contributed by atoms with Gasteiger partial charge in [0.1, 0.15) is 0 Å². The predicted molar refractivity (Wildman–Crippen MR) is 115 cm³/mol. The first-order valence-electron chi connectivity index (χ1n) is 9.17. The molecule has 0 aliphatic heterocycles. The van der Waals surface area contributed by atoms with E-state index in [1.165, 1.54) is 15.4 Å². The molecule has 1 amide bonds. The third-order valence-corrected chi connectivity index (χ3v) is 6.13. The summed E-state index contributed by atoms with van der Waals surface area (Å²) < 4.78 is 25.5. The fourth-order valence-electron chi connectivity index (χ4n) is 2.91. The van der Waals surface area contributed by atoms with Crippen molar-refractivity contribution in [2.24, 2.45) is 0 Å². The molecule has 152 valence electrons. The van der Waals surface area contributed by atoms with Gasteiger partial charge in [0.15, 0.2) is 0 Å². The molecule has 2 rings (SSSR count). The molecule has 0 spiro atoms. The minimum atomic E-state index is -3.45. The van der Waals surface area contributed by atoms with Gasteiger partial charge < -0.3 is 5.32 Å². The van der Waals surface area contributed by atoms with Crippen LogP contribution >= 0.6 is 11.6 Å². The number of carbonyl (C=O) groups excluding carboxylic acids is 1. The average Bonchev–Trinajstić information content (AvgIpc) is 2.61. The van der Waals surface area contributed by atoms with Crippen molar-refractivity contribution in [1.82, 2.24) is 5.32 Å². The van der Waals surface area contributed by atoms with Gasteiger partial charge in [-0.25, -0.2) is 8.42 Å². The zero-order chi connectivity index (χ0) is 20.9. The summed E-state index contributed by atoms with van der Waals surface area (Å²) >= 11 is 5.87. The first kappa shape index (κ1) is 22.2. The second-order valence-corrected chi connectivity index (χ2v) is 9.39. The summed E-state index contributed by atoms with van der Waals surface area (Å²) in [5.41, 5.74) is 3.99. The molecular weight excluding hydrogens is 396 g/mol. The number of nitrogens with one attached hydrogen (secondary N) is 1. The molecule has 0 aliphatic rings. The second-order valence-electron chi connectivity index (χ2n) is 7.05. The lowest BCUT2D eigenvalue weighted by Gasteiger charge is -2.22. The maximum absolute atomic E-state index is 12.3. The van der Waals surface area contributed by atoms with E-state index in [0.717, 1.165) is 11.8 Å². The van der Waals surface area contributed by atoms with Crippen molar-refractivity contribution in [1.29, 1.82) is 0 Å². The first-order chi connectivity index (χ1) is 13.1. The number of rotatable bonds is 8. The Balaban J connectivity index is 1.93. The highest BCUT2D eigenvalue weighted by atomic mass is 35.5. The number of halogens is 1. The molecule has 0 aromatic heterocycles. The van der Waals surface area contributed by atoms with Crippen molar-refractivity contribution in [3.63, 3.8) is 0 Å². The summed E-state index contributed by atoms with van der Waals surface area (Å²) in [6, 6.07) is 12.6. The van der Waals surface area contributed by atoms with Crippen LogP contribution in [0.2, 0.25) is 5.02 Å². The summed E-state index contributed by atoms with van der Waals surface area (Å²) in [6.07, 6.45) is 1.82. The molecule has 0 unspecified atom stereocenters. The molecule has 0 aliphatic carbocycles. The quantitative estimate of drug-likeness (QED) is 0.686. The molecule has 0 saturated carbocycles. The maximum Gasteiger partial charge on any atom is 0.232 e. The number of benzene rings is 2. The van der Waals surface area contributed by atoms with Crippen molar-refractivity contribution in [2.75, 3.05) is 17.1 Å². The monoisotopic (exact) mass is 422 g/mol. The number of hydrogen-bond donors (Lipinski definition) is 1. The fourth-order valence-corrected chi connectivity index (χ4v) is 4.00. The van der Waals surface area contributed by atoms with Gasteiger partial charge in [-0.3, -0.25) is 9.10 Å². The van der Waals surface area contributed by atoms with E-state index in [1.54, 1.807) is 24.3 Å². The summed E-state index contributed by atoms with van der Waals surface area (Å²) in [5.74, 6) is -0.102. The normalized spacial score (nSPS) is 12.5. The number of sulfonamides is 1. The van der Waals surface area contributed by atoms with Gasteiger partial charge in [0.25, 0.3) is 0 Å². The van der Waals surface area contributed by atoms with Crippen LogP contribution in [0.1, 0.15) is 42.5 Å². The van der Waals surface area contributed by atoms with Gasteiger partial charge in [-0.05, 0) is 68.1 Å². The molecule has 28 heavy (non-hydrogen) atoms. The molecule has 1 N–H and O–H groups in total. The third kappa shape index (κ3) is 6.24. The molecule has 0 radical (unpaired) electrons. The van der Waals surface area contributed by atoms with Gasteiger partial charge in [-0.2, -0.15) is 0 Å². The Morgan fingerprint density at radius 3 is 2.32 bits per heavy atom. The molecule has 0 fully saturated rings. The zero-order valence-corrected chi connectivity index (χ0v) is 18.3. The largest absolute Gasteiger partial charge is 0.350 e. The second kappa shape index (κ2) is 9.43. The Hall–Kier alpha value is -2.05. The summed E-state index contributed by atoms with van der Waals surface area (Å²) in [5, 5.41) is 3.52. The van der Waals surface area contributed by atoms with Crippen molar-refractivity contribution >= 4 is 33.2 Å². The molecule has 0 heterocycles. The first-order valence-corrected chi connectivity index (χ1v) is 11.4. The fraction of sp³-hybridized carbons (Fsp3) is 0.381. The van der Waals surface area contributed by atoms with E-state index in [4.69, 9.17) is 11.6 Å². The molecule has 5 nitrogen and oxygen atoms in total. The maximum atomic E-state index is 12.3. The smallest absolute Gasteiger partial charge is 0.232 e. The number of aryl methyl sites for hydroxylation is 2. The van der Waals surface area contributed by atoms with Crippen molar-refractivity contribution in [3.05, 3.63) is 64.2 Å². The van der Waals surface area contributed by atoms with E-state index in [-0.39, 0.29) is 24.9 Å². The van der Waals surface area contributed by atoms with Crippen molar-refractivity contribution < 1.29 is 13.2 Å². The lowest BCUT2D eigenvalue weighted by Crippen LogP contribution is -2.32. The van der Waals surface area contributed by atoms with E-state index >= 15 is 0 Å². The van der Waals surface area contributed by atoms with Gasteiger partial charge in [0, 0.05) is 18.0 Å². The minimum Gasteiger partial charge on any atom is -0.350 e. The van der Waals surface area contributed by atoms with Crippen LogP contribution < -0.4 is 9.62 Å². The lowest BCUT2D eigenvalue weighted by molar-refractivity contribution is -0.121. The molecule has 1 atom stereocenters. The van der Waals surface area contributed by atoms with Crippen LogP contribution in [0.5, 0.6) is 0 Å². The van der Waals surface area contributed by atoms with Crippen molar-refractivity contribution in [3.8, 4) is 0 Å². The predicted octanol–water partition coefficient (Wildman–Crippen LogP) is 4.38. The van der Waals surface area contributed by atoms with Crippen LogP contribution in [-0.4, -0.2) is 27.1 Å². The highest BCUT2D eigenvalue weighted by Crippen LogP contribution is 2.21. The van der Waals surface area contributed by atoms with Crippen LogP contribution in [0.15, 0.2) is 42.5 Å². The van der Waals surface area contributed by atoms with Gasteiger partial charge in [-0.15, -0.1) is 0 Å². The van der Waals surface area contributed by atoms with Gasteiger partial charge in [-0.1, -0.05) is 29.8 Å². The Labute approximate surface area is 172 Å². The van der Waals surface area contributed by atoms with E-state index < -0.39 is 10.0 Å². The summed E-state index contributed by atoms with van der Waals surface area (Å²) in [7, 11) is -3.45. The zero-order valence-electron chi connectivity index (χ0n) is 16.7. The van der Waals surface area contributed by atoms with E-state index in [1.807, 2.05) is 26.0 Å². The number of anilines is 1. The number of nitrogens with zero attached hydrogens (tertiary/aromatic N) is 1.